The highest BCUT2D eigenvalue weighted by molar-refractivity contribution is 6.31. The fourth-order valence-corrected chi connectivity index (χ4v) is 4.40. The van der Waals surface area contributed by atoms with Crippen molar-refractivity contribution in [3.05, 3.63) is 64.6 Å². The van der Waals surface area contributed by atoms with Gasteiger partial charge in [0.05, 0.1) is 5.60 Å². The van der Waals surface area contributed by atoms with Gasteiger partial charge in [0.15, 0.2) is 5.78 Å². The van der Waals surface area contributed by atoms with E-state index in [2.05, 4.69) is 15.3 Å². The summed E-state index contributed by atoms with van der Waals surface area (Å²) in [6, 6.07) is 7.43. The molecule has 0 radical (unpaired) electrons. The Bertz CT molecular complexity index is 1010. The summed E-state index contributed by atoms with van der Waals surface area (Å²) < 4.78 is 6.45. The molecule has 26 heavy (non-hydrogen) atoms. The molecule has 0 bridgehead atoms. The minimum Gasteiger partial charge on any atom is -0.360 e. The van der Waals surface area contributed by atoms with Gasteiger partial charge in [-0.2, -0.15) is 0 Å². The Balaban J connectivity index is 1.58. The van der Waals surface area contributed by atoms with Crippen molar-refractivity contribution in [1.29, 1.82) is 0 Å². The average Bonchev–Trinajstić information content (AvgIpc) is 3.22. The average molecular weight is 368 g/mol. The second kappa shape index (κ2) is 5.91. The summed E-state index contributed by atoms with van der Waals surface area (Å²) in [5.41, 5.74) is 3.07. The number of benzene rings is 1. The molecule has 2 aromatic heterocycles. The molecule has 1 fully saturated rings. The number of H-pyrrole nitrogens is 1. The second-order valence-corrected chi connectivity index (χ2v) is 7.40. The summed E-state index contributed by atoms with van der Waals surface area (Å²) in [4.78, 5) is 20.8. The van der Waals surface area contributed by atoms with E-state index in [1.165, 1.54) is 0 Å². The van der Waals surface area contributed by atoms with E-state index in [0.29, 0.717) is 10.6 Å². The number of halogens is 1. The number of pyridine rings is 1. The van der Waals surface area contributed by atoms with Crippen LogP contribution in [0.4, 0.5) is 0 Å². The SMILES string of the molecule is O=C(c1c[nH]c2cc(Cl)ccc12)[C@@H]1OC2(CCNCC2)c2cnccc21. The first-order chi connectivity index (χ1) is 12.7. The molecule has 0 unspecified atom stereocenters. The molecule has 5 nitrogen and oxygen atoms in total. The van der Waals surface area contributed by atoms with Gasteiger partial charge in [0, 0.05) is 45.6 Å². The number of carbonyl (C=O) groups excluding carboxylic acids is 1. The van der Waals surface area contributed by atoms with E-state index in [1.807, 2.05) is 24.4 Å². The van der Waals surface area contributed by atoms with Crippen LogP contribution in [0.15, 0.2) is 42.9 Å². The van der Waals surface area contributed by atoms with E-state index in [1.54, 1.807) is 18.5 Å². The maximum Gasteiger partial charge on any atom is 0.198 e. The minimum atomic E-state index is -0.597. The Morgan fingerprint density at radius 2 is 2.12 bits per heavy atom. The number of hydrogen-bond acceptors (Lipinski definition) is 4. The molecule has 2 N–H and O–H groups in total. The van der Waals surface area contributed by atoms with Crippen LogP contribution in [0.2, 0.25) is 5.02 Å². The molecule has 3 aromatic rings. The standard InChI is InChI=1S/C20H18ClN3O2/c21-12-1-2-13-15(10-24-17(13)9-12)18(25)19-14-3-6-23-11-16(14)20(26-19)4-7-22-8-5-20/h1-3,6,9-11,19,22,24H,4-5,7-8H2/t19-/m1/s1. The van der Waals surface area contributed by atoms with Gasteiger partial charge in [0.25, 0.3) is 0 Å². The van der Waals surface area contributed by atoms with E-state index >= 15 is 0 Å². The molecule has 6 heteroatoms. The Morgan fingerprint density at radius 1 is 1.27 bits per heavy atom. The van der Waals surface area contributed by atoms with Gasteiger partial charge in [-0.25, -0.2) is 0 Å². The number of ketones is 1. The summed E-state index contributed by atoms with van der Waals surface area (Å²) in [5.74, 6) is -0.0265. The lowest BCUT2D eigenvalue weighted by molar-refractivity contribution is -0.0806. The Morgan fingerprint density at radius 3 is 2.96 bits per heavy atom. The summed E-state index contributed by atoms with van der Waals surface area (Å²) in [5, 5.41) is 4.87. The normalized spacial score (nSPS) is 21.2. The van der Waals surface area contributed by atoms with Crippen LogP contribution < -0.4 is 5.32 Å². The van der Waals surface area contributed by atoms with E-state index in [9.17, 15) is 4.79 Å². The van der Waals surface area contributed by atoms with Crippen LogP contribution in [0.3, 0.4) is 0 Å². The molecule has 0 aliphatic carbocycles. The number of aromatic nitrogens is 2. The first kappa shape index (κ1) is 16.0. The summed E-state index contributed by atoms with van der Waals surface area (Å²) in [6.07, 6.45) is 6.44. The largest absolute Gasteiger partial charge is 0.360 e. The summed E-state index contributed by atoms with van der Waals surface area (Å²) >= 11 is 6.06. The number of nitrogens with one attached hydrogen (secondary N) is 2. The fourth-order valence-electron chi connectivity index (χ4n) is 4.22. The van der Waals surface area contributed by atoms with Gasteiger partial charge >= 0.3 is 0 Å². The Labute approximate surface area is 155 Å². The molecule has 0 amide bonds. The van der Waals surface area contributed by atoms with Crippen LogP contribution in [0, 0.1) is 0 Å². The van der Waals surface area contributed by atoms with Crippen LogP contribution in [-0.2, 0) is 10.3 Å². The number of fused-ring (bicyclic) bond motifs is 3. The van der Waals surface area contributed by atoms with Crippen LogP contribution in [0.5, 0.6) is 0 Å². The van der Waals surface area contributed by atoms with E-state index in [0.717, 1.165) is 48.0 Å². The van der Waals surface area contributed by atoms with Gasteiger partial charge in [0.1, 0.15) is 6.10 Å². The molecular formula is C20H18ClN3O2. The molecule has 5 rings (SSSR count). The van der Waals surface area contributed by atoms with Crippen molar-refractivity contribution in [3.63, 3.8) is 0 Å². The third-order valence-electron chi connectivity index (χ3n) is 5.53. The molecule has 1 aromatic carbocycles. The van der Waals surface area contributed by atoms with Crippen molar-refractivity contribution < 1.29 is 9.53 Å². The van der Waals surface area contributed by atoms with Crippen molar-refractivity contribution >= 4 is 28.3 Å². The van der Waals surface area contributed by atoms with Crippen molar-refractivity contribution in [2.45, 2.75) is 24.5 Å². The molecule has 1 spiro atoms. The maximum absolute atomic E-state index is 13.4. The molecule has 4 heterocycles. The van der Waals surface area contributed by atoms with Crippen molar-refractivity contribution in [3.8, 4) is 0 Å². The molecule has 2 aliphatic rings. The molecule has 0 saturated carbocycles. The number of aromatic amines is 1. The Kier molecular flexibility index (Phi) is 3.64. The van der Waals surface area contributed by atoms with Gasteiger partial charge in [-0.15, -0.1) is 0 Å². The third-order valence-corrected chi connectivity index (χ3v) is 5.77. The monoisotopic (exact) mass is 367 g/mol. The van der Waals surface area contributed by atoms with Crippen LogP contribution in [-0.4, -0.2) is 28.8 Å². The first-order valence-electron chi connectivity index (χ1n) is 8.82. The maximum atomic E-state index is 13.4. The van der Waals surface area contributed by atoms with E-state index in [-0.39, 0.29) is 5.78 Å². The van der Waals surface area contributed by atoms with E-state index < -0.39 is 11.7 Å². The van der Waals surface area contributed by atoms with Gasteiger partial charge in [-0.1, -0.05) is 17.7 Å². The first-order valence-corrected chi connectivity index (χ1v) is 9.19. The molecule has 1 atom stereocenters. The predicted molar refractivity (Wildman–Crippen MR) is 99.5 cm³/mol. The molecular weight excluding hydrogens is 350 g/mol. The number of rotatable bonds is 2. The molecule has 1 saturated heterocycles. The highest BCUT2D eigenvalue weighted by atomic mass is 35.5. The lowest BCUT2D eigenvalue weighted by atomic mass is 9.85. The fraction of sp³-hybridized carbons (Fsp3) is 0.300. The number of hydrogen-bond donors (Lipinski definition) is 2. The number of Topliss-reactive ketones (excluding diaryl/α,β-unsaturated/α-hetero) is 1. The Hall–Kier alpha value is -2.21. The second-order valence-electron chi connectivity index (χ2n) is 6.96. The molecule has 2 aliphatic heterocycles. The van der Waals surface area contributed by atoms with E-state index in [4.69, 9.17) is 16.3 Å². The van der Waals surface area contributed by atoms with Gasteiger partial charge < -0.3 is 15.0 Å². The topological polar surface area (TPSA) is 67.0 Å². The molecule has 132 valence electrons. The number of carbonyl (C=O) groups is 1. The van der Waals surface area contributed by atoms with Crippen molar-refractivity contribution in [1.82, 2.24) is 15.3 Å². The van der Waals surface area contributed by atoms with Gasteiger partial charge in [-0.3, -0.25) is 9.78 Å². The summed E-state index contributed by atoms with van der Waals surface area (Å²) in [6.45, 7) is 1.75. The smallest absolute Gasteiger partial charge is 0.198 e. The number of piperidine rings is 1. The zero-order chi connectivity index (χ0) is 17.7. The van der Waals surface area contributed by atoms with Crippen molar-refractivity contribution in [2.75, 3.05) is 13.1 Å². The number of nitrogens with zero attached hydrogens (tertiary/aromatic N) is 1. The number of ether oxygens (including phenoxy) is 1. The predicted octanol–water partition coefficient (Wildman–Crippen LogP) is 3.75. The zero-order valence-electron chi connectivity index (χ0n) is 14.1. The minimum absolute atomic E-state index is 0.0265. The zero-order valence-corrected chi connectivity index (χ0v) is 14.8. The third kappa shape index (κ3) is 2.31. The lowest BCUT2D eigenvalue weighted by Crippen LogP contribution is -2.40. The lowest BCUT2D eigenvalue weighted by Gasteiger charge is -2.34. The highest BCUT2D eigenvalue weighted by Crippen LogP contribution is 2.49. The van der Waals surface area contributed by atoms with Gasteiger partial charge in [0.2, 0.25) is 0 Å². The highest BCUT2D eigenvalue weighted by Gasteiger charge is 2.48. The van der Waals surface area contributed by atoms with Crippen molar-refractivity contribution in [2.24, 2.45) is 0 Å². The quantitative estimate of drug-likeness (QED) is 0.677. The van der Waals surface area contributed by atoms with Crippen LogP contribution in [0.1, 0.15) is 40.4 Å². The van der Waals surface area contributed by atoms with Crippen LogP contribution >= 0.6 is 11.6 Å². The van der Waals surface area contributed by atoms with Gasteiger partial charge in [-0.05, 0) is 49.7 Å². The van der Waals surface area contributed by atoms with Crippen LogP contribution in [0.25, 0.3) is 10.9 Å². The summed E-state index contributed by atoms with van der Waals surface area (Å²) in [7, 11) is 0.